The first-order valence-electron chi connectivity index (χ1n) is 4.80. The van der Waals surface area contributed by atoms with E-state index in [1.54, 1.807) is 11.8 Å². The Morgan fingerprint density at radius 1 is 1.21 bits per heavy atom. The van der Waals surface area contributed by atoms with Gasteiger partial charge >= 0.3 is 6.18 Å². The van der Waals surface area contributed by atoms with E-state index in [1.807, 2.05) is 13.8 Å². The van der Waals surface area contributed by atoms with Crippen molar-refractivity contribution < 1.29 is 18.3 Å². The summed E-state index contributed by atoms with van der Waals surface area (Å²) in [6.07, 6.45) is -6.76. The zero-order valence-corrected chi connectivity index (χ0v) is 8.80. The van der Waals surface area contributed by atoms with Crippen LogP contribution in [0.5, 0.6) is 0 Å². The quantitative estimate of drug-likeness (QED) is 0.755. The predicted molar refractivity (Wildman–Crippen MR) is 49.1 cm³/mol. The SMILES string of the molecule is CCN(CC)C(C)C(O)CC(F)(F)F. The first-order chi connectivity index (χ1) is 6.31. The fraction of sp³-hybridized carbons (Fsp3) is 1.00. The molecule has 86 valence electrons. The summed E-state index contributed by atoms with van der Waals surface area (Å²) < 4.78 is 35.9. The molecule has 2 atom stereocenters. The minimum Gasteiger partial charge on any atom is -0.391 e. The lowest BCUT2D eigenvalue weighted by Gasteiger charge is -2.30. The Morgan fingerprint density at radius 3 is 1.93 bits per heavy atom. The Hall–Kier alpha value is -0.290. The summed E-state index contributed by atoms with van der Waals surface area (Å²) in [6.45, 7) is 6.63. The van der Waals surface area contributed by atoms with Gasteiger partial charge in [-0.05, 0) is 20.0 Å². The highest BCUT2D eigenvalue weighted by Crippen LogP contribution is 2.23. The molecule has 0 bridgehead atoms. The Morgan fingerprint density at radius 2 is 1.64 bits per heavy atom. The van der Waals surface area contributed by atoms with Crippen LogP contribution in [0.15, 0.2) is 0 Å². The summed E-state index contributed by atoms with van der Waals surface area (Å²) in [7, 11) is 0. The second-order valence-corrected chi connectivity index (χ2v) is 3.35. The van der Waals surface area contributed by atoms with Crippen molar-refractivity contribution in [3.05, 3.63) is 0 Å². The van der Waals surface area contributed by atoms with Crippen molar-refractivity contribution in [2.45, 2.75) is 45.5 Å². The summed E-state index contributed by atoms with van der Waals surface area (Å²) in [4.78, 5) is 1.80. The average molecular weight is 213 g/mol. The van der Waals surface area contributed by atoms with Crippen molar-refractivity contribution in [3.8, 4) is 0 Å². The molecule has 0 spiro atoms. The fourth-order valence-electron chi connectivity index (χ4n) is 1.45. The number of alkyl halides is 3. The van der Waals surface area contributed by atoms with Gasteiger partial charge in [0.25, 0.3) is 0 Å². The van der Waals surface area contributed by atoms with Gasteiger partial charge in [0.2, 0.25) is 0 Å². The number of aliphatic hydroxyl groups is 1. The minimum atomic E-state index is -4.29. The smallest absolute Gasteiger partial charge is 0.391 e. The molecule has 0 fully saturated rings. The highest BCUT2D eigenvalue weighted by molar-refractivity contribution is 4.75. The number of aliphatic hydroxyl groups excluding tert-OH is 1. The van der Waals surface area contributed by atoms with Crippen LogP contribution in [0.4, 0.5) is 13.2 Å². The zero-order chi connectivity index (χ0) is 11.4. The standard InChI is InChI=1S/C9H18F3NO/c1-4-13(5-2)7(3)8(14)6-9(10,11)12/h7-8,14H,4-6H2,1-3H3. The molecular weight excluding hydrogens is 195 g/mol. The van der Waals surface area contributed by atoms with Crippen LogP contribution in [-0.2, 0) is 0 Å². The summed E-state index contributed by atoms with van der Waals surface area (Å²) >= 11 is 0. The van der Waals surface area contributed by atoms with Gasteiger partial charge < -0.3 is 5.11 Å². The lowest BCUT2D eigenvalue weighted by atomic mass is 10.1. The molecule has 0 aliphatic carbocycles. The van der Waals surface area contributed by atoms with Crippen LogP contribution < -0.4 is 0 Å². The van der Waals surface area contributed by atoms with E-state index in [1.165, 1.54) is 0 Å². The van der Waals surface area contributed by atoms with E-state index in [2.05, 4.69) is 0 Å². The molecule has 0 aromatic carbocycles. The van der Waals surface area contributed by atoms with E-state index in [9.17, 15) is 18.3 Å². The van der Waals surface area contributed by atoms with Crippen LogP contribution in [-0.4, -0.2) is 41.4 Å². The number of halogens is 3. The maximum Gasteiger partial charge on any atom is 0.391 e. The molecule has 0 aliphatic heterocycles. The van der Waals surface area contributed by atoms with Crippen molar-refractivity contribution in [1.82, 2.24) is 4.90 Å². The molecule has 0 aliphatic rings. The number of nitrogens with zero attached hydrogens (tertiary/aromatic N) is 1. The second-order valence-electron chi connectivity index (χ2n) is 3.35. The predicted octanol–water partition coefficient (Wildman–Crippen LogP) is 2.03. The highest BCUT2D eigenvalue weighted by Gasteiger charge is 2.34. The van der Waals surface area contributed by atoms with E-state index in [-0.39, 0.29) is 0 Å². The molecule has 0 saturated carbocycles. The molecule has 0 aromatic heterocycles. The van der Waals surface area contributed by atoms with E-state index >= 15 is 0 Å². The van der Waals surface area contributed by atoms with Gasteiger partial charge in [-0.2, -0.15) is 13.2 Å². The topological polar surface area (TPSA) is 23.5 Å². The van der Waals surface area contributed by atoms with Crippen molar-refractivity contribution in [2.75, 3.05) is 13.1 Å². The molecule has 0 rings (SSSR count). The number of rotatable bonds is 5. The van der Waals surface area contributed by atoms with Crippen molar-refractivity contribution in [3.63, 3.8) is 0 Å². The summed E-state index contributed by atoms with van der Waals surface area (Å²) in [5.41, 5.74) is 0. The van der Waals surface area contributed by atoms with Gasteiger partial charge in [0.1, 0.15) is 0 Å². The molecule has 0 amide bonds. The van der Waals surface area contributed by atoms with Crippen molar-refractivity contribution >= 4 is 0 Å². The Labute approximate surface area is 82.7 Å². The normalized spacial score (nSPS) is 17.1. The van der Waals surface area contributed by atoms with Gasteiger partial charge in [-0.1, -0.05) is 13.8 Å². The molecule has 14 heavy (non-hydrogen) atoms. The van der Waals surface area contributed by atoms with Crippen molar-refractivity contribution in [1.29, 1.82) is 0 Å². The molecular formula is C9H18F3NO. The van der Waals surface area contributed by atoms with Gasteiger partial charge in [-0.25, -0.2) is 0 Å². The molecule has 0 aromatic rings. The third-order valence-corrected chi connectivity index (χ3v) is 2.39. The van der Waals surface area contributed by atoms with E-state index < -0.39 is 24.7 Å². The maximum absolute atomic E-state index is 12.0. The fourth-order valence-corrected chi connectivity index (χ4v) is 1.45. The van der Waals surface area contributed by atoms with Gasteiger partial charge in [0, 0.05) is 6.04 Å². The number of hydrogen-bond acceptors (Lipinski definition) is 2. The minimum absolute atomic E-state index is 0.452. The van der Waals surface area contributed by atoms with Crippen LogP contribution in [0.2, 0.25) is 0 Å². The highest BCUT2D eigenvalue weighted by atomic mass is 19.4. The molecule has 0 saturated heterocycles. The Balaban J connectivity index is 4.16. The third kappa shape index (κ3) is 4.81. The second kappa shape index (κ2) is 5.56. The lowest BCUT2D eigenvalue weighted by Crippen LogP contribution is -2.43. The molecule has 0 radical (unpaired) electrons. The zero-order valence-electron chi connectivity index (χ0n) is 8.80. The Bertz CT molecular complexity index is 157. The molecule has 1 N–H and O–H groups in total. The monoisotopic (exact) mass is 213 g/mol. The third-order valence-electron chi connectivity index (χ3n) is 2.39. The van der Waals surface area contributed by atoms with Crippen LogP contribution in [0.3, 0.4) is 0 Å². The number of hydrogen-bond donors (Lipinski definition) is 1. The van der Waals surface area contributed by atoms with E-state index in [0.29, 0.717) is 13.1 Å². The molecule has 2 unspecified atom stereocenters. The maximum atomic E-state index is 12.0. The van der Waals surface area contributed by atoms with Gasteiger partial charge in [0.15, 0.2) is 0 Å². The largest absolute Gasteiger partial charge is 0.391 e. The molecule has 5 heteroatoms. The van der Waals surface area contributed by atoms with E-state index in [0.717, 1.165) is 0 Å². The van der Waals surface area contributed by atoms with Gasteiger partial charge in [-0.3, -0.25) is 4.90 Å². The summed E-state index contributed by atoms with van der Waals surface area (Å²) in [5.74, 6) is 0. The van der Waals surface area contributed by atoms with Crippen LogP contribution >= 0.6 is 0 Å². The Kier molecular flexibility index (Phi) is 5.44. The molecule has 0 heterocycles. The van der Waals surface area contributed by atoms with Crippen LogP contribution in [0, 0.1) is 0 Å². The van der Waals surface area contributed by atoms with Gasteiger partial charge in [0.05, 0.1) is 12.5 Å². The summed E-state index contributed by atoms with van der Waals surface area (Å²) in [5, 5.41) is 9.32. The van der Waals surface area contributed by atoms with Crippen molar-refractivity contribution in [2.24, 2.45) is 0 Å². The summed E-state index contributed by atoms with van der Waals surface area (Å²) in [6, 6.07) is -0.452. The first-order valence-corrected chi connectivity index (χ1v) is 4.80. The molecule has 2 nitrogen and oxygen atoms in total. The average Bonchev–Trinajstić information content (AvgIpc) is 2.03. The van der Waals surface area contributed by atoms with Crippen LogP contribution in [0.1, 0.15) is 27.2 Å². The van der Waals surface area contributed by atoms with Gasteiger partial charge in [-0.15, -0.1) is 0 Å². The van der Waals surface area contributed by atoms with E-state index in [4.69, 9.17) is 0 Å². The lowest BCUT2D eigenvalue weighted by molar-refractivity contribution is -0.160. The van der Waals surface area contributed by atoms with Crippen LogP contribution in [0.25, 0.3) is 0 Å². The first kappa shape index (κ1) is 13.7. The number of likely N-dealkylation sites (N-methyl/N-ethyl adjacent to an activating group) is 1.